The normalized spacial score (nSPS) is 11.7. The van der Waals surface area contributed by atoms with Crippen molar-refractivity contribution in [3.63, 3.8) is 0 Å². The number of carbonyl (C=O) groups excluding carboxylic acids is 1. The first kappa shape index (κ1) is 18.4. The van der Waals surface area contributed by atoms with Crippen molar-refractivity contribution in [2.75, 3.05) is 12.9 Å². The first-order chi connectivity index (χ1) is 12.2. The van der Waals surface area contributed by atoms with Crippen molar-refractivity contribution in [1.29, 1.82) is 0 Å². The van der Waals surface area contributed by atoms with Crippen LogP contribution in [0.15, 0.2) is 41.4 Å². The smallest absolute Gasteiger partial charge is 0.341 e. The molecule has 0 saturated heterocycles. The number of aromatic nitrogens is 2. The molecular formula is C18H17ClN2O4S. The number of esters is 1. The zero-order chi connectivity index (χ0) is 19.1. The lowest BCUT2D eigenvalue weighted by Crippen LogP contribution is -2.08. The summed E-state index contributed by atoms with van der Waals surface area (Å²) >= 11 is 6.22. The van der Waals surface area contributed by atoms with Gasteiger partial charge in [0, 0.05) is 18.0 Å². The Labute approximate surface area is 156 Å². The maximum absolute atomic E-state index is 12.3. The second kappa shape index (κ2) is 6.74. The summed E-state index contributed by atoms with van der Waals surface area (Å²) in [4.78, 5) is 17.1. The van der Waals surface area contributed by atoms with Gasteiger partial charge >= 0.3 is 5.97 Å². The predicted molar refractivity (Wildman–Crippen MR) is 99.4 cm³/mol. The second-order valence-electron chi connectivity index (χ2n) is 5.80. The Morgan fingerprint density at radius 1 is 1.31 bits per heavy atom. The van der Waals surface area contributed by atoms with Crippen molar-refractivity contribution < 1.29 is 17.9 Å². The van der Waals surface area contributed by atoms with Crippen LogP contribution in [0.2, 0.25) is 5.02 Å². The van der Waals surface area contributed by atoms with Crippen molar-refractivity contribution >= 4 is 32.9 Å². The molecule has 6 nitrogen and oxygen atoms in total. The van der Waals surface area contributed by atoms with Crippen LogP contribution in [0.1, 0.15) is 23.0 Å². The number of hydrogen-bond acceptors (Lipinski definition) is 5. The SMILES string of the molecule is CCOC(=O)c1c(Cl)ccn2c(-c3cccc(S(C)(=O)=O)c3)nc(C)c12. The van der Waals surface area contributed by atoms with E-state index in [2.05, 4.69) is 4.98 Å². The van der Waals surface area contributed by atoms with Gasteiger partial charge in [-0.1, -0.05) is 23.7 Å². The van der Waals surface area contributed by atoms with E-state index in [9.17, 15) is 13.2 Å². The van der Waals surface area contributed by atoms with E-state index in [1.165, 1.54) is 6.07 Å². The lowest BCUT2D eigenvalue weighted by molar-refractivity contribution is 0.0528. The predicted octanol–water partition coefficient (Wildman–Crippen LogP) is 3.54. The molecule has 0 amide bonds. The average molecular weight is 393 g/mol. The fraction of sp³-hybridized carbons (Fsp3) is 0.222. The van der Waals surface area contributed by atoms with Gasteiger partial charge < -0.3 is 4.74 Å². The van der Waals surface area contributed by atoms with Crippen LogP contribution in [-0.4, -0.2) is 36.6 Å². The standard InChI is InChI=1S/C18H17ClN2O4S/c1-4-25-18(22)15-14(19)8-9-21-16(15)11(2)20-17(21)12-6-5-7-13(10-12)26(3,23)24/h5-10H,4H2,1-3H3. The van der Waals surface area contributed by atoms with Crippen LogP contribution in [0.5, 0.6) is 0 Å². The minimum absolute atomic E-state index is 0.198. The Morgan fingerprint density at radius 3 is 2.69 bits per heavy atom. The molecule has 0 aliphatic rings. The Kier molecular flexibility index (Phi) is 4.77. The minimum atomic E-state index is -3.35. The number of imidazole rings is 1. The number of hydrogen-bond donors (Lipinski definition) is 0. The summed E-state index contributed by atoms with van der Waals surface area (Å²) in [5, 5.41) is 0.274. The number of benzene rings is 1. The van der Waals surface area contributed by atoms with Crippen molar-refractivity contribution in [3.8, 4) is 11.4 Å². The molecule has 3 rings (SSSR count). The van der Waals surface area contributed by atoms with Gasteiger partial charge in [-0.2, -0.15) is 0 Å². The van der Waals surface area contributed by atoms with E-state index in [4.69, 9.17) is 16.3 Å². The fourth-order valence-electron chi connectivity index (χ4n) is 2.80. The number of pyridine rings is 1. The molecule has 0 unspecified atom stereocenters. The highest BCUT2D eigenvalue weighted by Crippen LogP contribution is 2.30. The lowest BCUT2D eigenvalue weighted by atomic mass is 10.2. The van der Waals surface area contributed by atoms with E-state index in [1.54, 1.807) is 48.7 Å². The molecule has 2 heterocycles. The molecule has 0 fully saturated rings. The Bertz CT molecular complexity index is 1120. The molecule has 0 N–H and O–H groups in total. The van der Waals surface area contributed by atoms with Crippen molar-refractivity contribution in [2.24, 2.45) is 0 Å². The number of aryl methyl sites for hydroxylation is 1. The van der Waals surface area contributed by atoms with Crippen LogP contribution in [-0.2, 0) is 14.6 Å². The molecule has 136 valence electrons. The van der Waals surface area contributed by atoms with E-state index in [1.807, 2.05) is 0 Å². The topological polar surface area (TPSA) is 77.7 Å². The molecule has 2 aromatic heterocycles. The summed E-state index contributed by atoms with van der Waals surface area (Å²) in [6, 6.07) is 8.10. The number of carbonyl (C=O) groups is 1. The monoisotopic (exact) mass is 392 g/mol. The zero-order valence-electron chi connectivity index (χ0n) is 14.5. The molecule has 0 radical (unpaired) electrons. The van der Waals surface area contributed by atoms with Crippen molar-refractivity contribution in [3.05, 3.63) is 52.8 Å². The van der Waals surface area contributed by atoms with Crippen LogP contribution in [0.3, 0.4) is 0 Å². The van der Waals surface area contributed by atoms with Gasteiger partial charge in [0.15, 0.2) is 9.84 Å². The Balaban J connectivity index is 2.28. The molecule has 0 atom stereocenters. The van der Waals surface area contributed by atoms with Gasteiger partial charge in [0.05, 0.1) is 27.7 Å². The number of fused-ring (bicyclic) bond motifs is 1. The van der Waals surface area contributed by atoms with Gasteiger partial charge in [-0.05, 0) is 32.0 Å². The Hall–Kier alpha value is -2.38. The third-order valence-corrected chi connectivity index (χ3v) is 5.36. The summed E-state index contributed by atoms with van der Waals surface area (Å²) in [6.07, 6.45) is 2.85. The Morgan fingerprint density at radius 2 is 2.04 bits per heavy atom. The molecular weight excluding hydrogens is 376 g/mol. The van der Waals surface area contributed by atoms with E-state index in [0.29, 0.717) is 22.6 Å². The average Bonchev–Trinajstić information content (AvgIpc) is 2.91. The number of rotatable bonds is 4. The van der Waals surface area contributed by atoms with Crippen LogP contribution >= 0.6 is 11.6 Å². The summed E-state index contributed by atoms with van der Waals surface area (Å²) < 4.78 is 30.5. The molecule has 0 saturated carbocycles. The van der Waals surface area contributed by atoms with E-state index in [0.717, 1.165) is 6.26 Å². The summed E-state index contributed by atoms with van der Waals surface area (Å²) in [5.74, 6) is -0.00671. The van der Waals surface area contributed by atoms with Crippen molar-refractivity contribution in [2.45, 2.75) is 18.7 Å². The van der Waals surface area contributed by atoms with Gasteiger partial charge in [0.2, 0.25) is 0 Å². The van der Waals surface area contributed by atoms with Gasteiger partial charge in [-0.25, -0.2) is 18.2 Å². The third-order valence-electron chi connectivity index (χ3n) is 3.93. The van der Waals surface area contributed by atoms with Crippen LogP contribution < -0.4 is 0 Å². The highest BCUT2D eigenvalue weighted by molar-refractivity contribution is 7.90. The number of sulfone groups is 1. The van der Waals surface area contributed by atoms with E-state index >= 15 is 0 Å². The van der Waals surface area contributed by atoms with Gasteiger partial charge in [0.25, 0.3) is 0 Å². The first-order valence-electron chi connectivity index (χ1n) is 7.88. The maximum atomic E-state index is 12.3. The first-order valence-corrected chi connectivity index (χ1v) is 10.2. The number of ether oxygens (including phenoxy) is 1. The molecule has 0 aliphatic carbocycles. The molecule has 8 heteroatoms. The van der Waals surface area contributed by atoms with E-state index in [-0.39, 0.29) is 22.1 Å². The lowest BCUT2D eigenvalue weighted by Gasteiger charge is -2.09. The molecule has 0 spiro atoms. The van der Waals surface area contributed by atoms with Crippen molar-refractivity contribution in [1.82, 2.24) is 9.38 Å². The zero-order valence-corrected chi connectivity index (χ0v) is 16.1. The fourth-order valence-corrected chi connectivity index (χ4v) is 3.69. The minimum Gasteiger partial charge on any atom is -0.462 e. The van der Waals surface area contributed by atoms with Crippen LogP contribution in [0, 0.1) is 6.92 Å². The van der Waals surface area contributed by atoms with E-state index < -0.39 is 15.8 Å². The summed E-state index contributed by atoms with van der Waals surface area (Å²) in [5.41, 5.74) is 1.99. The molecule has 26 heavy (non-hydrogen) atoms. The maximum Gasteiger partial charge on any atom is 0.341 e. The molecule has 0 bridgehead atoms. The largest absolute Gasteiger partial charge is 0.462 e. The molecule has 0 aliphatic heterocycles. The molecule has 3 aromatic rings. The quantitative estimate of drug-likeness (QED) is 0.634. The summed E-state index contributed by atoms with van der Waals surface area (Å²) in [6.45, 7) is 3.71. The highest BCUT2D eigenvalue weighted by atomic mass is 35.5. The second-order valence-corrected chi connectivity index (χ2v) is 8.22. The highest BCUT2D eigenvalue weighted by Gasteiger charge is 2.22. The van der Waals surface area contributed by atoms with Gasteiger partial charge in [-0.15, -0.1) is 0 Å². The molecule has 1 aromatic carbocycles. The third kappa shape index (κ3) is 3.20. The van der Waals surface area contributed by atoms with Gasteiger partial charge in [0.1, 0.15) is 11.4 Å². The van der Waals surface area contributed by atoms with Gasteiger partial charge in [-0.3, -0.25) is 4.40 Å². The van der Waals surface area contributed by atoms with Crippen LogP contribution in [0.4, 0.5) is 0 Å². The summed E-state index contributed by atoms with van der Waals surface area (Å²) in [7, 11) is -3.35. The number of halogens is 1. The van der Waals surface area contributed by atoms with Crippen LogP contribution in [0.25, 0.3) is 16.9 Å². The number of nitrogens with zero attached hydrogens (tertiary/aromatic N) is 2.